The summed E-state index contributed by atoms with van der Waals surface area (Å²) in [5.74, 6) is -0.562. The minimum Gasteiger partial charge on any atom is -0.481 e. The van der Waals surface area contributed by atoms with Gasteiger partial charge in [0.1, 0.15) is 0 Å². The number of carbonyl (C=O) groups is 1. The number of hydrogen-bond acceptors (Lipinski definition) is 2. The van der Waals surface area contributed by atoms with Crippen LogP contribution in [0.5, 0.6) is 0 Å². The maximum Gasteiger partial charge on any atom is 0.307 e. The van der Waals surface area contributed by atoms with E-state index in [1.54, 1.807) is 0 Å². The summed E-state index contributed by atoms with van der Waals surface area (Å²) < 4.78 is 0. The number of carboxylic acid groups (broad SMARTS) is 1. The summed E-state index contributed by atoms with van der Waals surface area (Å²) in [7, 11) is 0. The maximum atomic E-state index is 11.5. The van der Waals surface area contributed by atoms with E-state index in [2.05, 4.69) is 41.2 Å². The lowest BCUT2D eigenvalue weighted by atomic mass is 9.72. The molecule has 2 N–H and O–H groups in total. The van der Waals surface area contributed by atoms with E-state index in [1.807, 2.05) is 0 Å². The molecular weight excluding hydrogens is 264 g/mol. The van der Waals surface area contributed by atoms with Gasteiger partial charge in [0.2, 0.25) is 0 Å². The predicted molar refractivity (Wildman–Crippen MR) is 81.5 cm³/mol. The average molecular weight is 284 g/mol. The molecule has 0 amide bonds. The van der Waals surface area contributed by atoms with Gasteiger partial charge in [-0.1, -0.05) is 19.1 Å². The molecule has 21 heavy (non-hydrogen) atoms. The van der Waals surface area contributed by atoms with Gasteiger partial charge in [0.05, 0.1) is 5.92 Å². The number of benzene rings is 1. The van der Waals surface area contributed by atoms with Crippen LogP contribution in [0.1, 0.15) is 30.4 Å². The Hall–Kier alpha value is -1.81. The van der Waals surface area contributed by atoms with Gasteiger partial charge in [0.25, 0.3) is 0 Å². The van der Waals surface area contributed by atoms with Crippen LogP contribution in [0.3, 0.4) is 0 Å². The van der Waals surface area contributed by atoms with E-state index in [9.17, 15) is 9.90 Å². The molecule has 0 radical (unpaired) electrons. The molecule has 4 nitrogen and oxygen atoms in total. The molecule has 110 valence electrons. The summed E-state index contributed by atoms with van der Waals surface area (Å²) in [6.45, 7) is 3.73. The zero-order valence-corrected chi connectivity index (χ0v) is 12.2. The van der Waals surface area contributed by atoms with Crippen molar-refractivity contribution < 1.29 is 9.90 Å². The van der Waals surface area contributed by atoms with E-state index in [0.29, 0.717) is 18.5 Å². The molecule has 3 atom stereocenters. The Bertz CT molecular complexity index is 706. The van der Waals surface area contributed by atoms with Gasteiger partial charge >= 0.3 is 5.97 Å². The first-order chi connectivity index (χ1) is 10.2. The first-order valence-corrected chi connectivity index (χ1v) is 7.74. The highest BCUT2D eigenvalue weighted by atomic mass is 16.4. The summed E-state index contributed by atoms with van der Waals surface area (Å²) in [6, 6.07) is 6.83. The number of aromatic amines is 1. The van der Waals surface area contributed by atoms with Crippen molar-refractivity contribution in [1.82, 2.24) is 9.88 Å². The Labute approximate surface area is 123 Å². The Kier molecular flexibility index (Phi) is 2.82. The Morgan fingerprint density at radius 3 is 3.10 bits per heavy atom. The minimum atomic E-state index is -0.654. The number of rotatable bonds is 2. The van der Waals surface area contributed by atoms with E-state index in [-0.39, 0.29) is 5.92 Å². The van der Waals surface area contributed by atoms with Gasteiger partial charge in [-0.15, -0.1) is 0 Å². The third-order valence-corrected chi connectivity index (χ3v) is 5.33. The lowest BCUT2D eigenvalue weighted by Crippen LogP contribution is -2.51. The second-order valence-corrected chi connectivity index (χ2v) is 6.32. The molecule has 1 saturated heterocycles. The van der Waals surface area contributed by atoms with Crippen LogP contribution in [-0.4, -0.2) is 40.1 Å². The van der Waals surface area contributed by atoms with E-state index in [1.165, 1.54) is 22.0 Å². The standard InChI is InChI=1S/C17H20N2O2/c1-2-19-9-11(17(20)21)6-13-12-4-3-5-14-16(12)10(8-18-14)7-15(13)19/h3-5,8,11,13,15,18H,2,6-7,9H2,1H3,(H,20,21)/t11?,13-,15-/m1/s1. The van der Waals surface area contributed by atoms with E-state index in [0.717, 1.165) is 19.4 Å². The second-order valence-electron chi connectivity index (χ2n) is 6.32. The minimum absolute atomic E-state index is 0.248. The highest BCUT2D eigenvalue weighted by Crippen LogP contribution is 2.44. The van der Waals surface area contributed by atoms with Crippen molar-refractivity contribution in [1.29, 1.82) is 0 Å². The average Bonchev–Trinajstić information content (AvgIpc) is 2.91. The van der Waals surface area contributed by atoms with Crippen molar-refractivity contribution in [3.05, 3.63) is 35.5 Å². The van der Waals surface area contributed by atoms with Crippen LogP contribution < -0.4 is 0 Å². The number of carboxylic acids is 1. The fraction of sp³-hybridized carbons (Fsp3) is 0.471. The SMILES string of the molecule is CCN1CC(C(=O)O)C[C@@H]2c3cccc4[nH]cc(c34)C[C@H]21. The molecule has 2 aliphatic rings. The molecule has 1 aromatic carbocycles. The van der Waals surface area contributed by atoms with Crippen LogP contribution in [0.2, 0.25) is 0 Å². The van der Waals surface area contributed by atoms with Crippen molar-refractivity contribution in [3.8, 4) is 0 Å². The van der Waals surface area contributed by atoms with Crippen molar-refractivity contribution in [2.45, 2.75) is 31.7 Å². The molecule has 1 aliphatic heterocycles. The van der Waals surface area contributed by atoms with Crippen molar-refractivity contribution >= 4 is 16.9 Å². The van der Waals surface area contributed by atoms with Gasteiger partial charge in [-0.05, 0) is 36.6 Å². The van der Waals surface area contributed by atoms with Crippen LogP contribution in [0.25, 0.3) is 10.9 Å². The number of nitrogens with zero attached hydrogens (tertiary/aromatic N) is 1. The molecule has 0 spiro atoms. The lowest BCUT2D eigenvalue weighted by Gasteiger charge is -2.45. The molecule has 1 fully saturated rings. The molecule has 0 saturated carbocycles. The number of aromatic nitrogens is 1. The third kappa shape index (κ3) is 1.82. The highest BCUT2D eigenvalue weighted by Gasteiger charge is 2.42. The topological polar surface area (TPSA) is 56.3 Å². The number of fused-ring (bicyclic) bond motifs is 2. The Morgan fingerprint density at radius 2 is 2.33 bits per heavy atom. The van der Waals surface area contributed by atoms with E-state index >= 15 is 0 Å². The number of aliphatic carboxylic acids is 1. The van der Waals surface area contributed by atoms with Crippen LogP contribution in [0, 0.1) is 5.92 Å². The summed E-state index contributed by atoms with van der Waals surface area (Å²) in [5.41, 5.74) is 3.90. The molecule has 4 rings (SSSR count). The molecule has 4 heteroatoms. The summed E-state index contributed by atoms with van der Waals surface area (Å²) >= 11 is 0. The smallest absolute Gasteiger partial charge is 0.307 e. The Morgan fingerprint density at radius 1 is 1.48 bits per heavy atom. The van der Waals surface area contributed by atoms with E-state index in [4.69, 9.17) is 0 Å². The molecule has 1 aliphatic carbocycles. The highest BCUT2D eigenvalue weighted by molar-refractivity contribution is 5.88. The van der Waals surface area contributed by atoms with Crippen LogP contribution >= 0.6 is 0 Å². The van der Waals surface area contributed by atoms with Gasteiger partial charge in [-0.2, -0.15) is 0 Å². The normalized spacial score (nSPS) is 28.5. The predicted octanol–water partition coefficient (Wildman–Crippen LogP) is 2.60. The van der Waals surface area contributed by atoms with Crippen molar-refractivity contribution in [2.75, 3.05) is 13.1 Å². The number of piperidine rings is 1. The number of likely N-dealkylation sites (tertiary alicyclic amines) is 1. The zero-order valence-electron chi connectivity index (χ0n) is 12.2. The van der Waals surface area contributed by atoms with Crippen molar-refractivity contribution in [3.63, 3.8) is 0 Å². The molecule has 0 bridgehead atoms. The van der Waals surface area contributed by atoms with Gasteiger partial charge in [-0.3, -0.25) is 9.69 Å². The molecule has 2 heterocycles. The third-order valence-electron chi connectivity index (χ3n) is 5.33. The largest absolute Gasteiger partial charge is 0.481 e. The number of likely N-dealkylation sites (N-methyl/N-ethyl adjacent to an activating group) is 1. The van der Waals surface area contributed by atoms with Crippen LogP contribution in [-0.2, 0) is 11.2 Å². The quantitative estimate of drug-likeness (QED) is 0.891. The molecular formula is C17H20N2O2. The number of nitrogens with one attached hydrogen (secondary N) is 1. The van der Waals surface area contributed by atoms with E-state index < -0.39 is 5.97 Å². The van der Waals surface area contributed by atoms with Gasteiger partial charge in [0, 0.05) is 35.6 Å². The molecule has 1 aromatic heterocycles. The Balaban J connectivity index is 1.83. The fourth-order valence-electron chi connectivity index (χ4n) is 4.34. The molecule has 1 unspecified atom stereocenters. The molecule has 2 aromatic rings. The van der Waals surface area contributed by atoms with Gasteiger partial charge in [-0.25, -0.2) is 0 Å². The van der Waals surface area contributed by atoms with Gasteiger partial charge in [0.15, 0.2) is 0 Å². The summed E-state index contributed by atoms with van der Waals surface area (Å²) in [4.78, 5) is 17.2. The number of hydrogen-bond donors (Lipinski definition) is 2. The van der Waals surface area contributed by atoms with Crippen molar-refractivity contribution in [2.24, 2.45) is 5.92 Å². The second kappa shape index (κ2) is 4.60. The first kappa shape index (κ1) is 12.9. The summed E-state index contributed by atoms with van der Waals surface area (Å²) in [5, 5.41) is 10.8. The van der Waals surface area contributed by atoms with Crippen LogP contribution in [0.4, 0.5) is 0 Å². The lowest BCUT2D eigenvalue weighted by molar-refractivity contribution is -0.144. The maximum absolute atomic E-state index is 11.5. The fourth-order valence-corrected chi connectivity index (χ4v) is 4.34. The zero-order chi connectivity index (χ0) is 14.6. The van der Waals surface area contributed by atoms with Gasteiger partial charge < -0.3 is 10.1 Å². The first-order valence-electron chi connectivity index (χ1n) is 7.74. The monoisotopic (exact) mass is 284 g/mol. The summed E-state index contributed by atoms with van der Waals surface area (Å²) in [6.07, 6.45) is 3.92. The van der Waals surface area contributed by atoms with Crippen LogP contribution in [0.15, 0.2) is 24.4 Å². The number of H-pyrrole nitrogens is 1.